The van der Waals surface area contributed by atoms with Crippen LogP contribution in [-0.2, 0) is 26.2 Å². The molecule has 2 amide bonds. The molecule has 1 aliphatic rings. The van der Waals surface area contributed by atoms with Crippen molar-refractivity contribution in [3.63, 3.8) is 0 Å². The Labute approximate surface area is 240 Å². The molecule has 41 heavy (non-hydrogen) atoms. The normalized spacial score (nSPS) is 14.3. The minimum atomic E-state index is -4.31. The van der Waals surface area contributed by atoms with Crippen LogP contribution in [0.3, 0.4) is 0 Å². The van der Waals surface area contributed by atoms with Crippen LogP contribution in [0.25, 0.3) is 0 Å². The van der Waals surface area contributed by atoms with Crippen molar-refractivity contribution < 1.29 is 22.9 Å². The van der Waals surface area contributed by atoms with Gasteiger partial charge in [-0.2, -0.15) is 0 Å². The monoisotopic (exact) mass is 578 g/mol. The maximum Gasteiger partial charge on any atom is 0.271 e. The van der Waals surface area contributed by atoms with Crippen molar-refractivity contribution in [1.29, 1.82) is 0 Å². The van der Waals surface area contributed by atoms with E-state index in [1.54, 1.807) is 25.1 Å². The largest absolute Gasteiger partial charge is 0.352 e. The van der Waals surface area contributed by atoms with Gasteiger partial charge in [0.25, 0.3) is 15.7 Å². The number of amides is 2. The van der Waals surface area contributed by atoms with Crippen molar-refractivity contribution in [3.05, 3.63) is 100 Å². The highest BCUT2D eigenvalue weighted by atomic mass is 32.2. The summed E-state index contributed by atoms with van der Waals surface area (Å²) >= 11 is 0. The summed E-state index contributed by atoms with van der Waals surface area (Å²) in [6.07, 6.45) is 3.81. The Kier molecular flexibility index (Phi) is 9.38. The molecule has 0 unspecified atom stereocenters. The summed E-state index contributed by atoms with van der Waals surface area (Å²) in [7, 11) is -4.31. The van der Waals surface area contributed by atoms with Gasteiger partial charge in [-0.3, -0.25) is 24.0 Å². The van der Waals surface area contributed by atoms with Gasteiger partial charge in [-0.05, 0) is 50.5 Å². The quantitative estimate of drug-likeness (QED) is 0.262. The van der Waals surface area contributed by atoms with Crippen LogP contribution in [0.1, 0.15) is 43.7 Å². The summed E-state index contributed by atoms with van der Waals surface area (Å²) in [5, 5.41) is 14.5. The molecule has 4 rings (SSSR count). The van der Waals surface area contributed by atoms with Crippen LogP contribution in [0, 0.1) is 17.0 Å². The second kappa shape index (κ2) is 12.9. The molecule has 1 fully saturated rings. The van der Waals surface area contributed by atoms with E-state index in [0.29, 0.717) is 0 Å². The Hall–Kier alpha value is -4.25. The number of carbonyl (C=O) groups excluding carboxylic acids is 2. The molecule has 0 radical (unpaired) electrons. The smallest absolute Gasteiger partial charge is 0.271 e. The standard InChI is InChI=1S/C30H34N4O6S/c1-22-10-8-11-24(18-22)20-32(23(2)30(36)31-25-12-6-7-13-25)29(35)21-33(26-14-9-15-27(19-26)34(37)38)41(39,40)28-16-4-3-5-17-28/h3-5,8-11,14-19,23,25H,6-7,12-13,20-21H2,1-2H3,(H,31,36)/t23-/m0/s1. The zero-order valence-electron chi connectivity index (χ0n) is 23.1. The first-order valence-electron chi connectivity index (χ1n) is 13.5. The number of carbonyl (C=O) groups is 2. The predicted molar refractivity (Wildman–Crippen MR) is 156 cm³/mol. The zero-order valence-corrected chi connectivity index (χ0v) is 23.9. The summed E-state index contributed by atoms with van der Waals surface area (Å²) < 4.78 is 28.5. The fourth-order valence-corrected chi connectivity index (χ4v) is 6.42. The Morgan fingerprint density at radius 3 is 2.34 bits per heavy atom. The number of aryl methyl sites for hydroxylation is 1. The number of nitrogens with one attached hydrogen (secondary N) is 1. The van der Waals surface area contributed by atoms with Crippen molar-refractivity contribution >= 4 is 33.2 Å². The highest BCUT2D eigenvalue weighted by Crippen LogP contribution is 2.28. The van der Waals surface area contributed by atoms with Crippen LogP contribution in [-0.4, -0.2) is 48.7 Å². The number of nitro groups is 1. The molecule has 1 saturated carbocycles. The fourth-order valence-electron chi connectivity index (χ4n) is 4.99. The molecule has 0 aromatic heterocycles. The van der Waals surface area contributed by atoms with E-state index in [1.165, 1.54) is 35.2 Å². The fraction of sp³-hybridized carbons (Fsp3) is 0.333. The molecule has 11 heteroatoms. The molecular formula is C30H34N4O6S. The van der Waals surface area contributed by atoms with Gasteiger partial charge in [-0.25, -0.2) is 8.42 Å². The molecule has 0 saturated heterocycles. The van der Waals surface area contributed by atoms with Crippen molar-refractivity contribution in [2.45, 2.75) is 63.1 Å². The first-order valence-corrected chi connectivity index (χ1v) is 15.0. The van der Waals surface area contributed by atoms with Gasteiger partial charge < -0.3 is 10.2 Å². The summed E-state index contributed by atoms with van der Waals surface area (Å²) in [4.78, 5) is 39.4. The third kappa shape index (κ3) is 7.29. The van der Waals surface area contributed by atoms with Gasteiger partial charge in [0.15, 0.2) is 0 Å². The molecule has 0 heterocycles. The average Bonchev–Trinajstić information content (AvgIpc) is 3.47. The molecule has 0 bridgehead atoms. The van der Waals surface area contributed by atoms with E-state index in [0.717, 1.165) is 47.2 Å². The molecule has 0 aliphatic heterocycles. The molecule has 10 nitrogen and oxygen atoms in total. The van der Waals surface area contributed by atoms with Crippen LogP contribution in [0.15, 0.2) is 83.8 Å². The van der Waals surface area contributed by atoms with Gasteiger partial charge in [-0.15, -0.1) is 0 Å². The first kappa shape index (κ1) is 29.7. The Morgan fingerprint density at radius 1 is 1.00 bits per heavy atom. The lowest BCUT2D eigenvalue weighted by atomic mass is 10.1. The third-order valence-corrected chi connectivity index (χ3v) is 9.03. The maximum absolute atomic E-state index is 14.0. The third-order valence-electron chi connectivity index (χ3n) is 7.24. The molecule has 1 atom stereocenters. The maximum atomic E-state index is 14.0. The summed E-state index contributed by atoms with van der Waals surface area (Å²) in [5.74, 6) is -0.933. The van der Waals surface area contributed by atoms with Crippen molar-refractivity contribution in [2.24, 2.45) is 0 Å². The second-order valence-electron chi connectivity index (χ2n) is 10.3. The molecule has 216 valence electrons. The van der Waals surface area contributed by atoms with Crippen molar-refractivity contribution in [2.75, 3.05) is 10.8 Å². The predicted octanol–water partition coefficient (Wildman–Crippen LogP) is 4.57. The van der Waals surface area contributed by atoms with E-state index < -0.39 is 33.4 Å². The number of anilines is 1. The number of hydrogen-bond acceptors (Lipinski definition) is 6. The molecule has 1 N–H and O–H groups in total. The second-order valence-corrected chi connectivity index (χ2v) is 12.1. The number of sulfonamides is 1. The summed E-state index contributed by atoms with van der Waals surface area (Å²) in [5.41, 5.74) is 1.41. The van der Waals surface area contributed by atoms with Gasteiger partial charge in [0.1, 0.15) is 12.6 Å². The van der Waals surface area contributed by atoms with Gasteiger partial charge in [-0.1, -0.05) is 66.9 Å². The van der Waals surface area contributed by atoms with Crippen molar-refractivity contribution in [1.82, 2.24) is 10.2 Å². The Balaban J connectivity index is 1.71. The lowest BCUT2D eigenvalue weighted by Crippen LogP contribution is -2.52. The number of nitrogens with zero attached hydrogens (tertiary/aromatic N) is 3. The summed E-state index contributed by atoms with van der Waals surface area (Å²) in [6.45, 7) is 2.96. The molecular weight excluding hydrogens is 544 g/mol. The lowest BCUT2D eigenvalue weighted by Gasteiger charge is -2.32. The topological polar surface area (TPSA) is 130 Å². The van der Waals surface area contributed by atoms with E-state index in [-0.39, 0.29) is 34.8 Å². The van der Waals surface area contributed by atoms with Crippen LogP contribution in [0.4, 0.5) is 11.4 Å². The Morgan fingerprint density at radius 2 is 1.68 bits per heavy atom. The zero-order chi connectivity index (χ0) is 29.6. The number of rotatable bonds is 11. The van der Waals surface area contributed by atoms with Gasteiger partial charge in [0.2, 0.25) is 11.8 Å². The van der Waals surface area contributed by atoms with Crippen LogP contribution >= 0.6 is 0 Å². The highest BCUT2D eigenvalue weighted by Gasteiger charge is 2.33. The minimum Gasteiger partial charge on any atom is -0.352 e. The average molecular weight is 579 g/mol. The SMILES string of the molecule is Cc1cccc(CN(C(=O)CN(c2cccc([N+](=O)[O-])c2)S(=O)(=O)c2ccccc2)[C@@H](C)C(=O)NC2CCCC2)c1. The molecule has 3 aromatic carbocycles. The summed E-state index contributed by atoms with van der Waals surface area (Å²) in [6, 6.07) is 19.4. The van der Waals surface area contributed by atoms with Crippen molar-refractivity contribution in [3.8, 4) is 0 Å². The van der Waals surface area contributed by atoms with Crippen LogP contribution in [0.5, 0.6) is 0 Å². The minimum absolute atomic E-state index is 0.0324. The number of non-ortho nitro benzene ring substituents is 1. The van der Waals surface area contributed by atoms with E-state index >= 15 is 0 Å². The van der Waals surface area contributed by atoms with E-state index in [1.807, 2.05) is 31.2 Å². The molecule has 0 spiro atoms. The molecule has 3 aromatic rings. The lowest BCUT2D eigenvalue weighted by molar-refractivity contribution is -0.384. The number of benzene rings is 3. The van der Waals surface area contributed by atoms with E-state index in [2.05, 4.69) is 5.32 Å². The highest BCUT2D eigenvalue weighted by molar-refractivity contribution is 7.92. The van der Waals surface area contributed by atoms with E-state index in [9.17, 15) is 28.1 Å². The first-order chi connectivity index (χ1) is 19.6. The van der Waals surface area contributed by atoms with Gasteiger partial charge in [0.05, 0.1) is 15.5 Å². The van der Waals surface area contributed by atoms with Crippen LogP contribution in [0.2, 0.25) is 0 Å². The van der Waals surface area contributed by atoms with Gasteiger partial charge >= 0.3 is 0 Å². The van der Waals surface area contributed by atoms with E-state index in [4.69, 9.17) is 0 Å². The number of hydrogen-bond donors (Lipinski definition) is 1. The van der Waals surface area contributed by atoms with Crippen LogP contribution < -0.4 is 9.62 Å². The Bertz CT molecular complexity index is 1510. The van der Waals surface area contributed by atoms with Gasteiger partial charge in [0, 0.05) is 24.7 Å². The molecule has 1 aliphatic carbocycles. The number of nitro benzene ring substituents is 1.